The lowest BCUT2D eigenvalue weighted by Crippen LogP contribution is -2.55. The number of anilines is 1. The van der Waals surface area contributed by atoms with Crippen molar-refractivity contribution in [2.75, 3.05) is 164 Å². The highest BCUT2D eigenvalue weighted by Gasteiger charge is 2.29. The lowest BCUT2D eigenvalue weighted by Gasteiger charge is -2.25. The van der Waals surface area contributed by atoms with E-state index in [1.165, 1.54) is 0 Å². The summed E-state index contributed by atoms with van der Waals surface area (Å²) in [5.74, 6) is -2.07. The fraction of sp³-hybridized carbons (Fsp3) is 0.736. The maximum Gasteiger partial charge on any atom is 0.407 e. The number of hydrogen-bond acceptors (Lipinski definition) is 21. The number of primary amides is 1. The summed E-state index contributed by atoms with van der Waals surface area (Å²) in [6.45, 7) is 24.1. The maximum absolute atomic E-state index is 13.4. The fourth-order valence-electron chi connectivity index (χ4n) is 6.55. The summed E-state index contributed by atoms with van der Waals surface area (Å²) in [5, 5.41) is 24.4. The standard InChI is InChI=1S/C53H92N10O18/c1-42(2)48(60-47(64)41-81-55-6)50(66)59-46(8-7-14-56-51(54)67)49(65)58-44-11-9-43(10-12-44)40-80-52(68)57-38-45-39-63(62-61-45)15-17-70-19-21-72-23-25-74-27-29-76-31-33-78-35-37-79-36-34-77-32-30-75-28-26-73-24-22-71-20-18-69-16-13-53(3,4)5/h9-12,39,42,46,48H,6-8,13-38,40-41H2,1-5H3,(H,57,68)(H,58,65)(H,59,66)(H,60,64)(H3,54,56,67)/t46-,48-/m0/s1. The number of hydrogen-bond donors (Lipinski definition) is 6. The number of oxime groups is 1. The first-order valence-corrected chi connectivity index (χ1v) is 27.4. The Bertz CT molecular complexity index is 1960. The largest absolute Gasteiger partial charge is 0.445 e. The third kappa shape index (κ3) is 41.1. The lowest BCUT2D eigenvalue weighted by atomic mass is 9.93. The Morgan fingerprint density at radius 2 is 1.11 bits per heavy atom. The molecule has 0 fully saturated rings. The molecule has 28 nitrogen and oxygen atoms in total. The topological polar surface area (TPSA) is 335 Å². The molecule has 2 aromatic rings. The minimum atomic E-state index is -1.04. The number of nitrogens with zero attached hydrogens (tertiary/aromatic N) is 4. The SMILES string of the molecule is C=NOCC(=O)N[C@H](C(=O)N[C@@H](CCCNC(N)=O)C(=O)Nc1ccc(COC(=O)NCc2cn(CCOCCOCCOCCOCCOCCOCCOCCOCCOCCOCCOCCC(C)(C)C)nn2)cc1)C(C)C. The van der Waals surface area contributed by atoms with Gasteiger partial charge >= 0.3 is 12.1 Å². The summed E-state index contributed by atoms with van der Waals surface area (Å²) >= 11 is 0. The van der Waals surface area contributed by atoms with E-state index in [1.807, 2.05) is 0 Å². The van der Waals surface area contributed by atoms with E-state index >= 15 is 0 Å². The van der Waals surface area contributed by atoms with Gasteiger partial charge in [-0.3, -0.25) is 14.4 Å². The van der Waals surface area contributed by atoms with E-state index in [0.29, 0.717) is 169 Å². The van der Waals surface area contributed by atoms with Crippen molar-refractivity contribution in [3.05, 3.63) is 41.7 Å². The van der Waals surface area contributed by atoms with Gasteiger partial charge in [-0.15, -0.1) is 10.3 Å². The Labute approximate surface area is 476 Å². The number of rotatable bonds is 52. The Balaban J connectivity index is 1.42. The maximum atomic E-state index is 13.4. The van der Waals surface area contributed by atoms with E-state index < -0.39 is 48.5 Å². The van der Waals surface area contributed by atoms with Crippen LogP contribution in [0.2, 0.25) is 0 Å². The third-order valence-electron chi connectivity index (χ3n) is 10.9. The first-order chi connectivity index (χ1) is 39.2. The Kier molecular flexibility index (Phi) is 41.4. The molecule has 28 heteroatoms. The molecule has 0 bridgehead atoms. The van der Waals surface area contributed by atoms with Crippen molar-refractivity contribution < 1.29 is 85.7 Å². The number of ether oxygens (including phenoxy) is 12. The summed E-state index contributed by atoms with van der Waals surface area (Å²) in [6, 6.07) is 3.80. The smallest absolute Gasteiger partial charge is 0.407 e. The summed E-state index contributed by atoms with van der Waals surface area (Å²) in [7, 11) is 0. The predicted molar refractivity (Wildman–Crippen MR) is 296 cm³/mol. The molecule has 1 heterocycles. The van der Waals surface area contributed by atoms with Crippen LogP contribution >= 0.6 is 0 Å². The molecule has 0 aliphatic rings. The molecule has 0 aliphatic heterocycles. The van der Waals surface area contributed by atoms with Crippen LogP contribution in [0.1, 0.15) is 65.1 Å². The van der Waals surface area contributed by atoms with E-state index in [4.69, 9.17) is 62.6 Å². The van der Waals surface area contributed by atoms with Crippen LogP contribution in [0.25, 0.3) is 0 Å². The molecule has 0 saturated carbocycles. The number of carbonyl (C=O) groups is 5. The van der Waals surface area contributed by atoms with Gasteiger partial charge in [0.1, 0.15) is 24.4 Å². The van der Waals surface area contributed by atoms with Gasteiger partial charge in [-0.2, -0.15) is 0 Å². The van der Waals surface area contributed by atoms with Gasteiger partial charge in [-0.05, 0) is 48.3 Å². The van der Waals surface area contributed by atoms with E-state index in [1.54, 1.807) is 49.0 Å². The quantitative estimate of drug-likeness (QED) is 0.0313. The number of nitrogens with one attached hydrogen (secondary N) is 5. The summed E-state index contributed by atoms with van der Waals surface area (Å²) < 4.78 is 67.8. The average molecular weight is 1160 g/mol. The molecule has 2 rings (SSSR count). The van der Waals surface area contributed by atoms with Crippen molar-refractivity contribution in [1.29, 1.82) is 0 Å². The van der Waals surface area contributed by atoms with Crippen LogP contribution in [0.15, 0.2) is 35.6 Å². The minimum absolute atomic E-state index is 0.0600. The highest BCUT2D eigenvalue weighted by molar-refractivity contribution is 5.98. The van der Waals surface area contributed by atoms with Gasteiger partial charge in [0, 0.05) is 25.6 Å². The molecule has 6 amide bonds. The van der Waals surface area contributed by atoms with Crippen LogP contribution in [0.4, 0.5) is 15.3 Å². The zero-order valence-electron chi connectivity index (χ0n) is 48.3. The van der Waals surface area contributed by atoms with Crippen molar-refractivity contribution in [3.63, 3.8) is 0 Å². The van der Waals surface area contributed by atoms with Crippen molar-refractivity contribution in [2.45, 2.75) is 85.7 Å². The highest BCUT2D eigenvalue weighted by Crippen LogP contribution is 2.18. The van der Waals surface area contributed by atoms with Crippen LogP contribution in [0.3, 0.4) is 0 Å². The molecule has 81 heavy (non-hydrogen) atoms. The van der Waals surface area contributed by atoms with Gasteiger partial charge in [0.05, 0.1) is 158 Å². The molecule has 7 N–H and O–H groups in total. The van der Waals surface area contributed by atoms with E-state index in [-0.39, 0.29) is 37.5 Å². The second-order valence-corrected chi connectivity index (χ2v) is 19.3. The minimum Gasteiger partial charge on any atom is -0.445 e. The Hall–Kier alpha value is -5.66. The van der Waals surface area contributed by atoms with Crippen molar-refractivity contribution >= 4 is 42.3 Å². The van der Waals surface area contributed by atoms with Crippen LogP contribution in [0, 0.1) is 11.3 Å². The van der Waals surface area contributed by atoms with Crippen molar-refractivity contribution in [2.24, 2.45) is 22.2 Å². The number of amides is 6. The van der Waals surface area contributed by atoms with Gasteiger partial charge in [-0.25, -0.2) is 14.3 Å². The molecule has 1 aromatic carbocycles. The second kappa shape index (κ2) is 46.9. The number of alkyl carbamates (subject to hydrolysis) is 1. The van der Waals surface area contributed by atoms with Gasteiger partial charge in [0.25, 0.3) is 5.91 Å². The van der Waals surface area contributed by atoms with Crippen LogP contribution in [-0.4, -0.2) is 222 Å². The average Bonchev–Trinajstić information content (AvgIpc) is 3.89. The van der Waals surface area contributed by atoms with Gasteiger partial charge in [-0.1, -0.05) is 52.0 Å². The number of nitrogens with two attached hydrogens (primary N) is 1. The first-order valence-electron chi connectivity index (χ1n) is 27.4. The summed E-state index contributed by atoms with van der Waals surface area (Å²) in [6.07, 6.45) is 2.49. The van der Waals surface area contributed by atoms with Crippen molar-refractivity contribution in [3.8, 4) is 0 Å². The van der Waals surface area contributed by atoms with E-state index in [9.17, 15) is 24.0 Å². The number of aromatic nitrogens is 3. The molecule has 0 saturated heterocycles. The Morgan fingerprint density at radius 1 is 0.642 bits per heavy atom. The molecular weight excluding hydrogens is 1060 g/mol. The molecule has 462 valence electrons. The monoisotopic (exact) mass is 1160 g/mol. The van der Waals surface area contributed by atoms with Gasteiger partial charge < -0.3 is 94.0 Å². The first kappa shape index (κ1) is 71.4. The third-order valence-corrected chi connectivity index (χ3v) is 10.9. The van der Waals surface area contributed by atoms with Gasteiger partial charge in [0.15, 0.2) is 6.61 Å². The van der Waals surface area contributed by atoms with Gasteiger partial charge in [0.2, 0.25) is 11.8 Å². The van der Waals surface area contributed by atoms with Crippen LogP contribution in [-0.2, 0) is 95.8 Å². The molecule has 0 radical (unpaired) electrons. The fourth-order valence-corrected chi connectivity index (χ4v) is 6.55. The zero-order chi connectivity index (χ0) is 59.0. The van der Waals surface area contributed by atoms with E-state index in [2.05, 4.69) is 74.4 Å². The summed E-state index contributed by atoms with van der Waals surface area (Å²) in [5.41, 5.74) is 7.00. The van der Waals surface area contributed by atoms with E-state index in [0.717, 1.165) is 13.0 Å². The molecule has 0 spiro atoms. The molecule has 0 unspecified atom stereocenters. The van der Waals surface area contributed by atoms with Crippen LogP contribution in [0.5, 0.6) is 0 Å². The normalized spacial score (nSPS) is 12.2. The molecular formula is C53H92N10O18. The second-order valence-electron chi connectivity index (χ2n) is 19.3. The molecule has 2 atom stereocenters. The molecule has 1 aromatic heterocycles. The lowest BCUT2D eigenvalue weighted by molar-refractivity contribution is -0.133. The Morgan fingerprint density at radius 3 is 1.56 bits per heavy atom. The zero-order valence-corrected chi connectivity index (χ0v) is 48.3. The number of urea groups is 1. The summed E-state index contributed by atoms with van der Waals surface area (Å²) in [4.78, 5) is 67.1. The molecule has 0 aliphatic carbocycles. The number of carbonyl (C=O) groups excluding carboxylic acids is 5. The predicted octanol–water partition coefficient (Wildman–Crippen LogP) is 1.97. The van der Waals surface area contributed by atoms with Crippen molar-refractivity contribution in [1.82, 2.24) is 36.3 Å². The number of benzene rings is 1. The van der Waals surface area contributed by atoms with Crippen LogP contribution < -0.4 is 32.3 Å². The highest BCUT2D eigenvalue weighted by atomic mass is 16.6.